The Morgan fingerprint density at radius 1 is 1.12 bits per heavy atom. The van der Waals surface area contributed by atoms with E-state index in [-0.39, 0.29) is 5.02 Å². The summed E-state index contributed by atoms with van der Waals surface area (Å²) >= 11 is 6.82. The summed E-state index contributed by atoms with van der Waals surface area (Å²) in [5.74, 6) is 0.737. The lowest BCUT2D eigenvalue weighted by Crippen LogP contribution is -2.33. The molecule has 0 unspecified atom stereocenters. The van der Waals surface area contributed by atoms with Crippen LogP contribution in [0.25, 0.3) is 0 Å². The Balaban J connectivity index is 2.22. The van der Waals surface area contributed by atoms with Crippen LogP contribution in [0.4, 0.5) is 0 Å². The van der Waals surface area contributed by atoms with Crippen molar-refractivity contribution in [2.75, 3.05) is 7.11 Å². The molecule has 0 N–H and O–H groups in total. The van der Waals surface area contributed by atoms with Crippen LogP contribution in [0.1, 0.15) is 0 Å². The summed E-state index contributed by atoms with van der Waals surface area (Å²) < 4.78 is 5.01. The summed E-state index contributed by atoms with van der Waals surface area (Å²) in [6.45, 7) is 0. The highest BCUT2D eigenvalue weighted by molar-refractivity contribution is 7.99. The van der Waals surface area contributed by atoms with Gasteiger partial charge in [-0.2, -0.15) is 0 Å². The van der Waals surface area contributed by atoms with Crippen molar-refractivity contribution in [2.24, 2.45) is 0 Å². The molecule has 0 radical (unpaired) electrons. The summed E-state index contributed by atoms with van der Waals surface area (Å²) in [6, 6.07) is 7.16. The predicted octanol–water partition coefficient (Wildman–Crippen LogP) is 2.10. The number of hydrogen-bond donors (Lipinski definition) is 0. The average molecular weight is 255 g/mol. The molecular weight excluding hydrogens is 248 g/mol. The normalized spacial score (nSPS) is 10.6. The second kappa shape index (κ2) is 4.31. The monoisotopic (exact) mass is 254 g/mol. The van der Waals surface area contributed by atoms with E-state index >= 15 is 0 Å². The van der Waals surface area contributed by atoms with Crippen molar-refractivity contribution in [3.05, 3.63) is 49.7 Å². The van der Waals surface area contributed by atoms with Gasteiger partial charge in [-0.3, -0.25) is 9.59 Å². The fourth-order valence-corrected chi connectivity index (χ4v) is 2.36. The summed E-state index contributed by atoms with van der Waals surface area (Å²) in [6.07, 6.45) is 0. The molecule has 0 saturated heterocycles. The highest BCUT2D eigenvalue weighted by Gasteiger charge is 2.19. The molecule has 3 nitrogen and oxygen atoms in total. The Labute approximate surface area is 101 Å². The second-order valence-corrected chi connectivity index (χ2v) is 4.54. The number of methoxy groups -OCH3 is 1. The van der Waals surface area contributed by atoms with Gasteiger partial charge in [0.2, 0.25) is 10.9 Å². The molecule has 0 aliphatic heterocycles. The lowest BCUT2D eigenvalue weighted by atomic mass is 10.3. The maximum atomic E-state index is 11.2. The first-order valence-electron chi connectivity index (χ1n) is 4.44. The maximum absolute atomic E-state index is 11.2. The molecule has 0 aliphatic carbocycles. The van der Waals surface area contributed by atoms with Gasteiger partial charge >= 0.3 is 0 Å². The second-order valence-electron chi connectivity index (χ2n) is 3.08. The Morgan fingerprint density at radius 2 is 1.75 bits per heavy atom. The quantitative estimate of drug-likeness (QED) is 0.787. The van der Waals surface area contributed by atoms with Gasteiger partial charge in [0.05, 0.1) is 12.0 Å². The summed E-state index contributed by atoms with van der Waals surface area (Å²) in [4.78, 5) is 23.2. The highest BCUT2D eigenvalue weighted by atomic mass is 35.5. The maximum Gasteiger partial charge on any atom is 0.246 e. The minimum Gasteiger partial charge on any atom is -0.497 e. The van der Waals surface area contributed by atoms with Gasteiger partial charge in [-0.05, 0) is 24.3 Å². The molecule has 2 aromatic rings. The lowest BCUT2D eigenvalue weighted by molar-refractivity contribution is 0.414. The van der Waals surface area contributed by atoms with E-state index in [2.05, 4.69) is 0 Å². The first-order chi connectivity index (χ1) is 7.63. The van der Waals surface area contributed by atoms with Crippen molar-refractivity contribution in [1.29, 1.82) is 0 Å². The third-order valence-corrected chi connectivity index (χ3v) is 3.66. The summed E-state index contributed by atoms with van der Waals surface area (Å²) in [7, 11) is 1.58. The van der Waals surface area contributed by atoms with Crippen molar-refractivity contribution in [1.82, 2.24) is 0 Å². The van der Waals surface area contributed by atoms with Gasteiger partial charge in [0.1, 0.15) is 10.8 Å². The van der Waals surface area contributed by atoms with E-state index in [0.717, 1.165) is 10.6 Å². The predicted molar refractivity (Wildman–Crippen MR) is 63.5 cm³/mol. The first kappa shape index (κ1) is 11.2. The van der Waals surface area contributed by atoms with E-state index in [1.54, 1.807) is 31.4 Å². The van der Waals surface area contributed by atoms with Crippen LogP contribution in [-0.2, 0) is 0 Å². The Kier molecular flexibility index (Phi) is 3.03. The molecule has 2 rings (SSSR count). The topological polar surface area (TPSA) is 43.4 Å². The van der Waals surface area contributed by atoms with Crippen LogP contribution in [0.5, 0.6) is 5.75 Å². The molecule has 0 aromatic heterocycles. The molecule has 0 saturated carbocycles. The highest BCUT2D eigenvalue weighted by Crippen LogP contribution is 2.30. The minimum atomic E-state index is -0.599. The minimum absolute atomic E-state index is 0.0332. The van der Waals surface area contributed by atoms with Crippen molar-refractivity contribution in [3.8, 4) is 5.75 Å². The van der Waals surface area contributed by atoms with E-state index in [0.29, 0.717) is 4.90 Å². The number of hydrogen-bond acceptors (Lipinski definition) is 4. The zero-order valence-electron chi connectivity index (χ0n) is 8.32. The Bertz CT molecular complexity index is 582. The van der Waals surface area contributed by atoms with Crippen molar-refractivity contribution in [2.45, 2.75) is 9.79 Å². The summed E-state index contributed by atoms with van der Waals surface area (Å²) in [5.41, 5.74) is -1.11. The van der Waals surface area contributed by atoms with Gasteiger partial charge in [-0.15, -0.1) is 0 Å². The Morgan fingerprint density at radius 3 is 2.25 bits per heavy atom. The molecule has 16 heavy (non-hydrogen) atoms. The number of benzene rings is 1. The standard InChI is InChI=1S/C11H7ClO3S/c1-15-6-2-4-7(5-3-6)16-11-8(12)9(13)10(11)14/h2-5H,1H3. The SMILES string of the molecule is COc1ccc(Sc2c(Cl)c(=O)c2=O)cc1. The molecule has 82 valence electrons. The molecule has 2 aromatic carbocycles. The number of ether oxygens (including phenoxy) is 1. The van der Waals surface area contributed by atoms with Crippen LogP contribution >= 0.6 is 23.4 Å². The smallest absolute Gasteiger partial charge is 0.246 e. The van der Waals surface area contributed by atoms with Gasteiger partial charge in [-0.1, -0.05) is 23.4 Å². The number of halogens is 1. The van der Waals surface area contributed by atoms with Gasteiger partial charge < -0.3 is 4.74 Å². The van der Waals surface area contributed by atoms with Crippen LogP contribution < -0.4 is 15.6 Å². The van der Waals surface area contributed by atoms with E-state index in [1.165, 1.54) is 11.8 Å². The fraction of sp³-hybridized carbons (Fsp3) is 0.0909. The molecule has 0 atom stereocenters. The zero-order chi connectivity index (χ0) is 11.7. The lowest BCUT2D eigenvalue weighted by Gasteiger charge is -2.05. The molecule has 0 amide bonds. The third kappa shape index (κ3) is 1.86. The van der Waals surface area contributed by atoms with E-state index < -0.39 is 10.9 Å². The third-order valence-electron chi connectivity index (χ3n) is 2.09. The van der Waals surface area contributed by atoms with Gasteiger partial charge in [0.25, 0.3) is 0 Å². The van der Waals surface area contributed by atoms with Crippen molar-refractivity contribution >= 4 is 23.4 Å². The van der Waals surface area contributed by atoms with Crippen LogP contribution in [0.2, 0.25) is 5.02 Å². The van der Waals surface area contributed by atoms with Gasteiger partial charge in [-0.25, -0.2) is 0 Å². The van der Waals surface area contributed by atoms with Gasteiger partial charge in [0, 0.05) is 4.90 Å². The molecule has 0 heterocycles. The number of rotatable bonds is 3. The van der Waals surface area contributed by atoms with E-state index in [4.69, 9.17) is 16.3 Å². The van der Waals surface area contributed by atoms with E-state index in [1.807, 2.05) is 0 Å². The molecule has 0 fully saturated rings. The first-order valence-corrected chi connectivity index (χ1v) is 5.63. The van der Waals surface area contributed by atoms with Gasteiger partial charge in [0.15, 0.2) is 0 Å². The van der Waals surface area contributed by atoms with E-state index in [9.17, 15) is 9.59 Å². The Hall–Kier alpha value is -1.26. The molecule has 0 aliphatic rings. The van der Waals surface area contributed by atoms with Crippen LogP contribution in [-0.4, -0.2) is 7.11 Å². The molecule has 0 spiro atoms. The summed E-state index contributed by atoms with van der Waals surface area (Å²) in [5, 5.41) is 0.0332. The van der Waals surface area contributed by atoms with Crippen LogP contribution in [0.3, 0.4) is 0 Å². The van der Waals surface area contributed by atoms with Crippen molar-refractivity contribution in [3.63, 3.8) is 0 Å². The van der Waals surface area contributed by atoms with Crippen LogP contribution in [0, 0.1) is 0 Å². The molecular formula is C11H7ClO3S. The van der Waals surface area contributed by atoms with Crippen LogP contribution in [0.15, 0.2) is 43.6 Å². The zero-order valence-corrected chi connectivity index (χ0v) is 9.89. The average Bonchev–Trinajstić information content (AvgIpc) is 2.35. The molecule has 0 bridgehead atoms. The largest absolute Gasteiger partial charge is 0.497 e. The van der Waals surface area contributed by atoms with Crippen molar-refractivity contribution < 1.29 is 4.74 Å². The fourth-order valence-electron chi connectivity index (χ4n) is 1.20. The molecule has 5 heteroatoms.